The van der Waals surface area contributed by atoms with Crippen LogP contribution in [0.1, 0.15) is 31.0 Å². The molecule has 4 heteroatoms. The van der Waals surface area contributed by atoms with E-state index in [1.54, 1.807) is 11.3 Å². The molecule has 20 heavy (non-hydrogen) atoms. The standard InChI is InChI=1S/C16H18N2OS/c1-2-14-10-20-16(18-14)13-5-3-11(4-6-13)9-17-15(19)12-7-8-12/h3-6,10,12H,2,7-9H2,1H3,(H,17,19). The van der Waals surface area contributed by atoms with Crippen LogP contribution < -0.4 is 5.32 Å². The predicted molar refractivity (Wildman–Crippen MR) is 81.5 cm³/mol. The molecule has 1 aliphatic carbocycles. The smallest absolute Gasteiger partial charge is 0.223 e. The van der Waals surface area contributed by atoms with Crippen LogP contribution in [-0.2, 0) is 17.8 Å². The minimum absolute atomic E-state index is 0.196. The maximum Gasteiger partial charge on any atom is 0.223 e. The lowest BCUT2D eigenvalue weighted by molar-refractivity contribution is -0.122. The first kappa shape index (κ1) is 13.3. The van der Waals surface area contributed by atoms with Crippen molar-refractivity contribution in [3.05, 3.63) is 40.9 Å². The summed E-state index contributed by atoms with van der Waals surface area (Å²) >= 11 is 1.68. The van der Waals surface area contributed by atoms with Gasteiger partial charge in [0, 0.05) is 23.4 Å². The van der Waals surface area contributed by atoms with E-state index in [0.29, 0.717) is 6.54 Å². The van der Waals surface area contributed by atoms with E-state index in [2.05, 4.69) is 46.9 Å². The van der Waals surface area contributed by atoms with Gasteiger partial charge in [-0.05, 0) is 24.8 Å². The van der Waals surface area contributed by atoms with Crippen LogP contribution in [0, 0.1) is 5.92 Å². The highest BCUT2D eigenvalue weighted by Crippen LogP contribution is 2.29. The Morgan fingerprint density at radius 3 is 2.70 bits per heavy atom. The van der Waals surface area contributed by atoms with Crippen LogP contribution in [0.5, 0.6) is 0 Å². The van der Waals surface area contributed by atoms with Crippen molar-refractivity contribution < 1.29 is 4.79 Å². The Morgan fingerprint density at radius 1 is 1.35 bits per heavy atom. The molecule has 0 atom stereocenters. The number of carbonyl (C=O) groups is 1. The van der Waals surface area contributed by atoms with Gasteiger partial charge in [0.1, 0.15) is 5.01 Å². The Bertz CT molecular complexity index is 599. The molecule has 0 radical (unpaired) electrons. The van der Waals surface area contributed by atoms with Gasteiger partial charge in [0.15, 0.2) is 0 Å². The maximum atomic E-state index is 11.6. The number of nitrogens with one attached hydrogen (secondary N) is 1. The fourth-order valence-electron chi connectivity index (χ4n) is 2.05. The van der Waals surface area contributed by atoms with Crippen molar-refractivity contribution in [1.29, 1.82) is 0 Å². The second-order valence-corrected chi connectivity index (χ2v) is 6.04. The Kier molecular flexibility index (Phi) is 3.83. The van der Waals surface area contributed by atoms with E-state index < -0.39 is 0 Å². The maximum absolute atomic E-state index is 11.6. The number of amides is 1. The van der Waals surface area contributed by atoms with Crippen LogP contribution in [0.15, 0.2) is 29.6 Å². The zero-order valence-electron chi connectivity index (χ0n) is 11.6. The van der Waals surface area contributed by atoms with E-state index in [1.807, 2.05) is 0 Å². The molecule has 1 fully saturated rings. The minimum atomic E-state index is 0.196. The first-order chi connectivity index (χ1) is 9.76. The Labute approximate surface area is 123 Å². The summed E-state index contributed by atoms with van der Waals surface area (Å²) in [5.41, 5.74) is 3.42. The van der Waals surface area contributed by atoms with E-state index in [9.17, 15) is 4.79 Å². The monoisotopic (exact) mass is 286 g/mol. The van der Waals surface area contributed by atoms with Crippen molar-refractivity contribution in [2.75, 3.05) is 0 Å². The number of rotatable bonds is 5. The van der Waals surface area contributed by atoms with Gasteiger partial charge in [0.05, 0.1) is 5.69 Å². The van der Waals surface area contributed by atoms with Crippen LogP contribution in [0.25, 0.3) is 10.6 Å². The number of hydrogen-bond donors (Lipinski definition) is 1. The molecule has 0 spiro atoms. The van der Waals surface area contributed by atoms with Gasteiger partial charge in [0.25, 0.3) is 0 Å². The summed E-state index contributed by atoms with van der Waals surface area (Å²) in [5.74, 6) is 0.471. The number of carbonyl (C=O) groups excluding carboxylic acids is 1. The summed E-state index contributed by atoms with van der Waals surface area (Å²) in [7, 11) is 0. The van der Waals surface area contributed by atoms with Gasteiger partial charge in [-0.1, -0.05) is 31.2 Å². The van der Waals surface area contributed by atoms with E-state index in [4.69, 9.17) is 0 Å². The van der Waals surface area contributed by atoms with Gasteiger partial charge in [-0.3, -0.25) is 4.79 Å². The van der Waals surface area contributed by atoms with Crippen molar-refractivity contribution in [1.82, 2.24) is 10.3 Å². The lowest BCUT2D eigenvalue weighted by atomic mass is 10.1. The first-order valence-corrected chi connectivity index (χ1v) is 7.95. The molecule has 0 saturated heterocycles. The lowest BCUT2D eigenvalue weighted by Gasteiger charge is -2.05. The summed E-state index contributed by atoms with van der Waals surface area (Å²) in [4.78, 5) is 16.2. The number of aryl methyl sites for hydroxylation is 1. The zero-order chi connectivity index (χ0) is 13.9. The van der Waals surface area contributed by atoms with E-state index in [-0.39, 0.29) is 11.8 Å². The number of thiazole rings is 1. The molecule has 2 aromatic rings. The second-order valence-electron chi connectivity index (χ2n) is 5.19. The van der Waals surface area contributed by atoms with Crippen molar-refractivity contribution in [3.8, 4) is 10.6 Å². The largest absolute Gasteiger partial charge is 0.352 e. The molecule has 104 valence electrons. The molecule has 0 aliphatic heterocycles. The van der Waals surface area contributed by atoms with Crippen molar-refractivity contribution in [3.63, 3.8) is 0 Å². The fourth-order valence-corrected chi connectivity index (χ4v) is 2.96. The molecule has 3 rings (SSSR count). The molecular formula is C16H18N2OS. The van der Waals surface area contributed by atoms with E-state index >= 15 is 0 Å². The second kappa shape index (κ2) is 5.75. The Balaban J connectivity index is 1.63. The average molecular weight is 286 g/mol. The summed E-state index contributed by atoms with van der Waals surface area (Å²) < 4.78 is 0. The fraction of sp³-hybridized carbons (Fsp3) is 0.375. The number of nitrogens with zero attached hydrogens (tertiary/aromatic N) is 1. The Morgan fingerprint density at radius 2 is 2.10 bits per heavy atom. The van der Waals surface area contributed by atoms with Crippen molar-refractivity contribution in [2.45, 2.75) is 32.7 Å². The molecule has 1 aromatic heterocycles. The highest BCUT2D eigenvalue weighted by Gasteiger charge is 2.29. The van der Waals surface area contributed by atoms with Gasteiger partial charge in [-0.15, -0.1) is 11.3 Å². The van der Waals surface area contributed by atoms with Crippen LogP contribution in [-0.4, -0.2) is 10.9 Å². The van der Waals surface area contributed by atoms with E-state index in [0.717, 1.165) is 41.1 Å². The van der Waals surface area contributed by atoms with Gasteiger partial charge < -0.3 is 5.32 Å². The summed E-state index contributed by atoms with van der Waals surface area (Å²) in [5, 5.41) is 6.16. The van der Waals surface area contributed by atoms with Crippen LogP contribution >= 0.6 is 11.3 Å². The number of benzene rings is 1. The number of aromatic nitrogens is 1. The normalized spacial score (nSPS) is 14.2. The van der Waals surface area contributed by atoms with Crippen LogP contribution in [0.2, 0.25) is 0 Å². The van der Waals surface area contributed by atoms with Gasteiger partial charge >= 0.3 is 0 Å². The molecule has 1 saturated carbocycles. The molecular weight excluding hydrogens is 268 g/mol. The quantitative estimate of drug-likeness (QED) is 0.915. The van der Waals surface area contributed by atoms with Crippen molar-refractivity contribution >= 4 is 17.2 Å². The molecule has 3 nitrogen and oxygen atoms in total. The third-order valence-electron chi connectivity index (χ3n) is 3.53. The molecule has 1 aromatic carbocycles. The van der Waals surface area contributed by atoms with Crippen LogP contribution in [0.4, 0.5) is 0 Å². The van der Waals surface area contributed by atoms with Gasteiger partial charge in [-0.25, -0.2) is 4.98 Å². The molecule has 0 bridgehead atoms. The molecule has 1 N–H and O–H groups in total. The number of hydrogen-bond acceptors (Lipinski definition) is 3. The van der Waals surface area contributed by atoms with Crippen molar-refractivity contribution in [2.24, 2.45) is 5.92 Å². The summed E-state index contributed by atoms with van der Waals surface area (Å²) in [6.45, 7) is 2.73. The highest BCUT2D eigenvalue weighted by atomic mass is 32.1. The first-order valence-electron chi connectivity index (χ1n) is 7.07. The Hall–Kier alpha value is -1.68. The van der Waals surface area contributed by atoms with Gasteiger partial charge in [0.2, 0.25) is 5.91 Å². The third kappa shape index (κ3) is 3.07. The minimum Gasteiger partial charge on any atom is -0.352 e. The van der Waals surface area contributed by atoms with E-state index in [1.165, 1.54) is 0 Å². The third-order valence-corrected chi connectivity index (χ3v) is 4.47. The SMILES string of the molecule is CCc1csc(-c2ccc(CNC(=O)C3CC3)cc2)n1. The van der Waals surface area contributed by atoms with Gasteiger partial charge in [-0.2, -0.15) is 0 Å². The topological polar surface area (TPSA) is 42.0 Å². The summed E-state index contributed by atoms with van der Waals surface area (Å²) in [6, 6.07) is 8.29. The average Bonchev–Trinajstić information content (AvgIpc) is 3.23. The summed E-state index contributed by atoms with van der Waals surface area (Å²) in [6.07, 6.45) is 3.07. The molecule has 1 aliphatic rings. The zero-order valence-corrected chi connectivity index (χ0v) is 12.4. The molecule has 1 amide bonds. The van der Waals surface area contributed by atoms with Crippen LogP contribution in [0.3, 0.4) is 0 Å². The lowest BCUT2D eigenvalue weighted by Crippen LogP contribution is -2.24. The highest BCUT2D eigenvalue weighted by molar-refractivity contribution is 7.13. The molecule has 0 unspecified atom stereocenters. The predicted octanol–water partition coefficient (Wildman–Crippen LogP) is 3.40. The molecule has 1 heterocycles.